The highest BCUT2D eigenvalue weighted by molar-refractivity contribution is 5.71. The first kappa shape index (κ1) is 8.94. The first-order chi connectivity index (χ1) is 4.81. The molecule has 0 spiro atoms. The van der Waals surface area contributed by atoms with Gasteiger partial charge in [-0.3, -0.25) is 4.79 Å². The molecule has 4 nitrogen and oxygen atoms in total. The van der Waals surface area contributed by atoms with Crippen LogP contribution < -0.4 is 0 Å². The fourth-order valence-corrected chi connectivity index (χ4v) is 0.337. The van der Waals surface area contributed by atoms with Gasteiger partial charge in [-0.1, -0.05) is 12.1 Å². The molecule has 0 saturated heterocycles. The molecule has 0 aliphatic carbocycles. The van der Waals surface area contributed by atoms with Gasteiger partial charge in [0.1, 0.15) is 13.7 Å². The van der Waals surface area contributed by atoms with Gasteiger partial charge in [0.05, 0.1) is 6.21 Å². The van der Waals surface area contributed by atoms with Gasteiger partial charge in [0.2, 0.25) is 0 Å². The fraction of sp³-hybridized carbons (Fsp3) is 0.667. The van der Waals surface area contributed by atoms with Crippen LogP contribution in [0.25, 0.3) is 0 Å². The average molecular weight is 145 g/mol. The standard InChI is InChI=1S/C6H11NO3/c1-3-6(8)10-5-4-7-9-2/h4H,3,5H2,1-2H3. The molecule has 0 aromatic heterocycles. The summed E-state index contributed by atoms with van der Waals surface area (Å²) in [7, 11) is 1.43. The summed E-state index contributed by atoms with van der Waals surface area (Å²) in [6.45, 7) is 1.91. The Morgan fingerprint density at radius 3 is 2.90 bits per heavy atom. The molecule has 0 aliphatic rings. The molecule has 0 aliphatic heterocycles. The smallest absolute Gasteiger partial charge is 0.305 e. The fourth-order valence-electron chi connectivity index (χ4n) is 0.337. The third-order valence-corrected chi connectivity index (χ3v) is 0.787. The molecule has 0 bridgehead atoms. The van der Waals surface area contributed by atoms with Crippen LogP contribution in [0.2, 0.25) is 0 Å². The molecule has 0 unspecified atom stereocenters. The number of hydrogen-bond donors (Lipinski definition) is 0. The Bertz CT molecular complexity index is 122. The highest BCUT2D eigenvalue weighted by Crippen LogP contribution is 1.81. The minimum Gasteiger partial charge on any atom is -0.460 e. The van der Waals surface area contributed by atoms with Gasteiger partial charge in [0, 0.05) is 6.42 Å². The van der Waals surface area contributed by atoms with Crippen LogP contribution in [0.5, 0.6) is 0 Å². The van der Waals surface area contributed by atoms with Crippen molar-refractivity contribution >= 4 is 12.2 Å². The monoisotopic (exact) mass is 145 g/mol. The maximum atomic E-state index is 10.5. The minimum absolute atomic E-state index is 0.181. The van der Waals surface area contributed by atoms with Crippen LogP contribution in [0.3, 0.4) is 0 Å². The van der Waals surface area contributed by atoms with Crippen LogP contribution >= 0.6 is 0 Å². The van der Waals surface area contributed by atoms with Gasteiger partial charge in [-0.2, -0.15) is 0 Å². The quantitative estimate of drug-likeness (QED) is 0.330. The third-order valence-electron chi connectivity index (χ3n) is 0.787. The zero-order chi connectivity index (χ0) is 7.82. The average Bonchev–Trinajstić information content (AvgIpc) is 1.98. The summed E-state index contributed by atoms with van der Waals surface area (Å²) >= 11 is 0. The number of ether oxygens (including phenoxy) is 1. The molecule has 0 radical (unpaired) electrons. The molecule has 4 heteroatoms. The van der Waals surface area contributed by atoms with Crippen molar-refractivity contribution in [2.75, 3.05) is 13.7 Å². The summed E-state index contributed by atoms with van der Waals surface area (Å²) in [6, 6.07) is 0. The molecule has 0 heterocycles. The lowest BCUT2D eigenvalue weighted by Crippen LogP contribution is -2.04. The number of rotatable bonds is 4. The molecule has 0 aromatic rings. The Labute approximate surface area is 59.8 Å². The van der Waals surface area contributed by atoms with E-state index in [1.807, 2.05) is 0 Å². The SMILES string of the molecule is CCC(=O)OCC=NOC. The van der Waals surface area contributed by atoms with Crippen molar-refractivity contribution in [1.82, 2.24) is 0 Å². The van der Waals surface area contributed by atoms with E-state index in [4.69, 9.17) is 0 Å². The van der Waals surface area contributed by atoms with E-state index in [9.17, 15) is 4.79 Å². The van der Waals surface area contributed by atoms with Crippen molar-refractivity contribution in [2.24, 2.45) is 5.16 Å². The second kappa shape index (κ2) is 6.07. The minimum atomic E-state index is -0.234. The molecule has 0 N–H and O–H groups in total. The van der Waals surface area contributed by atoms with Gasteiger partial charge < -0.3 is 9.57 Å². The second-order valence-electron chi connectivity index (χ2n) is 1.51. The number of hydrogen-bond acceptors (Lipinski definition) is 4. The zero-order valence-electron chi connectivity index (χ0n) is 6.16. The van der Waals surface area contributed by atoms with Crippen LogP contribution in [0.15, 0.2) is 5.16 Å². The van der Waals surface area contributed by atoms with E-state index in [0.717, 1.165) is 0 Å². The largest absolute Gasteiger partial charge is 0.460 e. The van der Waals surface area contributed by atoms with Crippen molar-refractivity contribution < 1.29 is 14.4 Å². The highest BCUT2D eigenvalue weighted by atomic mass is 16.6. The van der Waals surface area contributed by atoms with E-state index in [1.165, 1.54) is 13.3 Å². The molecular formula is C6H11NO3. The van der Waals surface area contributed by atoms with E-state index in [-0.39, 0.29) is 12.6 Å². The predicted molar refractivity (Wildman–Crippen MR) is 36.8 cm³/mol. The molecule has 0 rings (SSSR count). The van der Waals surface area contributed by atoms with E-state index < -0.39 is 0 Å². The third kappa shape index (κ3) is 5.08. The number of esters is 1. The topological polar surface area (TPSA) is 47.9 Å². The second-order valence-corrected chi connectivity index (χ2v) is 1.51. The van der Waals surface area contributed by atoms with Gasteiger partial charge in [0.15, 0.2) is 0 Å². The van der Waals surface area contributed by atoms with E-state index in [0.29, 0.717) is 6.42 Å². The first-order valence-corrected chi connectivity index (χ1v) is 3.01. The molecular weight excluding hydrogens is 134 g/mol. The van der Waals surface area contributed by atoms with Crippen LogP contribution in [0.4, 0.5) is 0 Å². The Morgan fingerprint density at radius 1 is 1.70 bits per heavy atom. The molecule has 0 atom stereocenters. The summed E-state index contributed by atoms with van der Waals surface area (Å²) < 4.78 is 4.62. The maximum Gasteiger partial charge on any atom is 0.305 e. The van der Waals surface area contributed by atoms with Crippen LogP contribution in [0, 0.1) is 0 Å². The maximum absolute atomic E-state index is 10.5. The van der Waals surface area contributed by atoms with Crippen molar-refractivity contribution in [2.45, 2.75) is 13.3 Å². The van der Waals surface area contributed by atoms with Crippen molar-refractivity contribution in [3.63, 3.8) is 0 Å². The summed E-state index contributed by atoms with van der Waals surface area (Å²) in [5.41, 5.74) is 0. The lowest BCUT2D eigenvalue weighted by molar-refractivity contribution is -0.141. The summed E-state index contributed by atoms with van der Waals surface area (Å²) in [5, 5.41) is 3.38. The van der Waals surface area contributed by atoms with Crippen molar-refractivity contribution in [3.05, 3.63) is 0 Å². The molecule has 0 saturated carbocycles. The molecule has 10 heavy (non-hydrogen) atoms. The number of carbonyl (C=O) groups excluding carboxylic acids is 1. The van der Waals surface area contributed by atoms with E-state index in [2.05, 4.69) is 14.7 Å². The Kier molecular flexibility index (Phi) is 5.42. The van der Waals surface area contributed by atoms with Gasteiger partial charge in [0.25, 0.3) is 0 Å². The normalized spacial score (nSPS) is 9.80. The lowest BCUT2D eigenvalue weighted by Gasteiger charge is -1.95. The number of carbonyl (C=O) groups is 1. The van der Waals surface area contributed by atoms with Crippen LogP contribution in [0.1, 0.15) is 13.3 Å². The number of oxime groups is 1. The summed E-state index contributed by atoms with van der Waals surface area (Å²) in [6.07, 6.45) is 1.77. The Hall–Kier alpha value is -1.06. The molecule has 0 aromatic carbocycles. The summed E-state index contributed by atoms with van der Waals surface area (Å²) in [5.74, 6) is -0.234. The van der Waals surface area contributed by atoms with Gasteiger partial charge in [-0.25, -0.2) is 0 Å². The van der Waals surface area contributed by atoms with Crippen LogP contribution in [-0.2, 0) is 14.4 Å². The van der Waals surface area contributed by atoms with Gasteiger partial charge in [-0.05, 0) is 0 Å². The van der Waals surface area contributed by atoms with Crippen molar-refractivity contribution in [3.8, 4) is 0 Å². The first-order valence-electron chi connectivity index (χ1n) is 3.01. The lowest BCUT2D eigenvalue weighted by atomic mass is 10.5. The summed E-state index contributed by atoms with van der Waals surface area (Å²) in [4.78, 5) is 14.8. The van der Waals surface area contributed by atoms with E-state index in [1.54, 1.807) is 6.92 Å². The van der Waals surface area contributed by atoms with Crippen LogP contribution in [-0.4, -0.2) is 25.9 Å². The Balaban J connectivity index is 3.19. The molecule has 0 fully saturated rings. The van der Waals surface area contributed by atoms with Crippen molar-refractivity contribution in [1.29, 1.82) is 0 Å². The number of nitrogens with zero attached hydrogens (tertiary/aromatic N) is 1. The predicted octanol–water partition coefficient (Wildman–Crippen LogP) is 0.572. The van der Waals surface area contributed by atoms with Gasteiger partial charge >= 0.3 is 5.97 Å². The highest BCUT2D eigenvalue weighted by Gasteiger charge is 1.93. The van der Waals surface area contributed by atoms with E-state index >= 15 is 0 Å². The molecule has 0 amide bonds. The molecule has 58 valence electrons. The van der Waals surface area contributed by atoms with Gasteiger partial charge in [-0.15, -0.1) is 0 Å². The Morgan fingerprint density at radius 2 is 2.40 bits per heavy atom. The zero-order valence-corrected chi connectivity index (χ0v) is 6.16.